The molecule has 132 valence electrons. The number of aromatic nitrogens is 4. The van der Waals surface area contributed by atoms with Crippen LogP contribution in [0, 0.1) is 6.92 Å². The number of hydrogen-bond donors (Lipinski definition) is 0. The molecule has 0 atom stereocenters. The van der Waals surface area contributed by atoms with Crippen LogP contribution in [-0.2, 0) is 24.3 Å². The molecular weight excluding hydrogens is 320 g/mol. The summed E-state index contributed by atoms with van der Waals surface area (Å²) in [6, 6.07) is 6.47. The first-order valence-corrected chi connectivity index (χ1v) is 8.66. The number of ether oxygens (including phenoxy) is 1. The van der Waals surface area contributed by atoms with Gasteiger partial charge in [0.15, 0.2) is 0 Å². The molecule has 0 bridgehead atoms. The van der Waals surface area contributed by atoms with Gasteiger partial charge in [0.25, 0.3) is 0 Å². The number of piperazine rings is 1. The van der Waals surface area contributed by atoms with Crippen LogP contribution >= 0.6 is 0 Å². The first-order chi connectivity index (χ1) is 12.2. The van der Waals surface area contributed by atoms with Gasteiger partial charge in [-0.05, 0) is 34.5 Å². The van der Waals surface area contributed by atoms with Gasteiger partial charge in [-0.15, -0.1) is 5.10 Å². The summed E-state index contributed by atoms with van der Waals surface area (Å²) in [5.41, 5.74) is 2.62. The molecule has 2 aliphatic rings. The van der Waals surface area contributed by atoms with Gasteiger partial charge in [-0.25, -0.2) is 4.68 Å². The summed E-state index contributed by atoms with van der Waals surface area (Å²) < 4.78 is 7.10. The molecule has 0 radical (unpaired) electrons. The summed E-state index contributed by atoms with van der Waals surface area (Å²) in [7, 11) is 0. The van der Waals surface area contributed by atoms with Crippen molar-refractivity contribution in [2.75, 3.05) is 32.8 Å². The van der Waals surface area contributed by atoms with Crippen LogP contribution in [0.15, 0.2) is 18.2 Å². The molecular formula is C17H22N6O2. The maximum absolute atomic E-state index is 12.4. The lowest BCUT2D eigenvalue weighted by Crippen LogP contribution is -2.49. The molecule has 0 unspecified atom stereocenters. The summed E-state index contributed by atoms with van der Waals surface area (Å²) in [6.45, 7) is 6.97. The Bertz CT molecular complexity index is 766. The third kappa shape index (κ3) is 3.48. The Morgan fingerprint density at radius 2 is 2.08 bits per heavy atom. The molecule has 8 heteroatoms. The number of hydrogen-bond acceptors (Lipinski definition) is 6. The highest BCUT2D eigenvalue weighted by atomic mass is 16.5. The van der Waals surface area contributed by atoms with Crippen LogP contribution in [-0.4, -0.2) is 68.7 Å². The summed E-state index contributed by atoms with van der Waals surface area (Å²) >= 11 is 0. The van der Waals surface area contributed by atoms with Crippen molar-refractivity contribution in [1.82, 2.24) is 30.0 Å². The lowest BCUT2D eigenvalue weighted by atomic mass is 10.1. The first-order valence-electron chi connectivity index (χ1n) is 8.66. The number of aryl methyl sites for hydroxylation is 1. The average molecular weight is 342 g/mol. The second-order valence-corrected chi connectivity index (χ2v) is 6.58. The van der Waals surface area contributed by atoms with Gasteiger partial charge < -0.3 is 9.64 Å². The van der Waals surface area contributed by atoms with Crippen molar-refractivity contribution in [2.45, 2.75) is 26.4 Å². The molecule has 2 aromatic rings. The van der Waals surface area contributed by atoms with Crippen molar-refractivity contribution in [3.8, 4) is 5.75 Å². The second kappa shape index (κ2) is 6.79. The Hall–Kier alpha value is -2.48. The Labute approximate surface area is 146 Å². The molecule has 0 N–H and O–H groups in total. The molecule has 8 nitrogen and oxygen atoms in total. The zero-order valence-corrected chi connectivity index (χ0v) is 14.4. The number of carbonyl (C=O) groups is 1. The maximum atomic E-state index is 12.4. The fraction of sp³-hybridized carbons (Fsp3) is 0.529. The van der Waals surface area contributed by atoms with E-state index < -0.39 is 0 Å². The summed E-state index contributed by atoms with van der Waals surface area (Å²) in [4.78, 5) is 16.7. The second-order valence-electron chi connectivity index (χ2n) is 6.58. The van der Waals surface area contributed by atoms with Gasteiger partial charge in [0.05, 0.1) is 6.61 Å². The predicted molar refractivity (Wildman–Crippen MR) is 90.1 cm³/mol. The van der Waals surface area contributed by atoms with E-state index in [1.807, 2.05) is 4.90 Å². The molecule has 1 aromatic heterocycles. The first kappa shape index (κ1) is 16.0. The van der Waals surface area contributed by atoms with E-state index in [0.29, 0.717) is 5.82 Å². The minimum absolute atomic E-state index is 0.0738. The minimum atomic E-state index is 0.0738. The largest absolute Gasteiger partial charge is 0.493 e. The fourth-order valence-electron chi connectivity index (χ4n) is 3.38. The van der Waals surface area contributed by atoms with Crippen molar-refractivity contribution in [3.63, 3.8) is 0 Å². The third-order valence-electron chi connectivity index (χ3n) is 4.88. The van der Waals surface area contributed by atoms with Gasteiger partial charge in [0.2, 0.25) is 5.91 Å². The van der Waals surface area contributed by atoms with Crippen LogP contribution in [0.3, 0.4) is 0 Å². The molecule has 0 saturated carbocycles. The summed E-state index contributed by atoms with van der Waals surface area (Å²) in [5.74, 6) is 1.76. The van der Waals surface area contributed by atoms with E-state index >= 15 is 0 Å². The number of rotatable bonds is 4. The van der Waals surface area contributed by atoms with E-state index in [0.717, 1.165) is 51.5 Å². The lowest BCUT2D eigenvalue weighted by molar-refractivity contribution is -0.133. The highest BCUT2D eigenvalue weighted by Gasteiger charge is 2.22. The molecule has 1 amide bonds. The van der Waals surface area contributed by atoms with Gasteiger partial charge >= 0.3 is 0 Å². The minimum Gasteiger partial charge on any atom is -0.493 e. The zero-order chi connectivity index (χ0) is 17.2. The third-order valence-corrected chi connectivity index (χ3v) is 4.88. The quantitative estimate of drug-likeness (QED) is 0.793. The van der Waals surface area contributed by atoms with Crippen LogP contribution in [0.5, 0.6) is 5.75 Å². The van der Waals surface area contributed by atoms with Gasteiger partial charge in [0, 0.05) is 39.1 Å². The van der Waals surface area contributed by atoms with Crippen molar-refractivity contribution < 1.29 is 9.53 Å². The highest BCUT2D eigenvalue weighted by Crippen LogP contribution is 2.26. The van der Waals surface area contributed by atoms with E-state index in [2.05, 4.69) is 38.6 Å². The van der Waals surface area contributed by atoms with Crippen LogP contribution in [0.25, 0.3) is 0 Å². The SMILES string of the molecule is Cc1nnnn1CC(=O)N1CCN(Cc2ccc3c(c2)CCO3)CC1. The fourth-order valence-corrected chi connectivity index (χ4v) is 3.38. The van der Waals surface area contributed by atoms with E-state index in [4.69, 9.17) is 4.74 Å². The smallest absolute Gasteiger partial charge is 0.244 e. The van der Waals surface area contributed by atoms with E-state index in [1.54, 1.807) is 11.6 Å². The zero-order valence-electron chi connectivity index (χ0n) is 14.4. The number of carbonyl (C=O) groups excluding carboxylic acids is 1. The highest BCUT2D eigenvalue weighted by molar-refractivity contribution is 5.76. The molecule has 4 rings (SSSR count). The van der Waals surface area contributed by atoms with Crippen LogP contribution in [0.1, 0.15) is 17.0 Å². The van der Waals surface area contributed by atoms with Crippen LogP contribution < -0.4 is 4.74 Å². The van der Waals surface area contributed by atoms with Gasteiger partial charge in [-0.1, -0.05) is 12.1 Å². The maximum Gasteiger partial charge on any atom is 0.244 e. The normalized spacial score (nSPS) is 17.4. The number of amides is 1. The molecule has 3 heterocycles. The molecule has 0 aliphatic carbocycles. The lowest BCUT2D eigenvalue weighted by Gasteiger charge is -2.34. The standard InChI is InChI=1S/C17H22N6O2/c1-13-18-19-20-23(13)12-17(24)22-7-5-21(6-8-22)11-14-2-3-16-15(10-14)4-9-25-16/h2-3,10H,4-9,11-12H2,1H3. The predicted octanol–water partition coefficient (Wildman–Crippen LogP) is 0.261. The molecule has 1 fully saturated rings. The summed E-state index contributed by atoms with van der Waals surface area (Å²) in [5, 5.41) is 11.2. The van der Waals surface area contributed by atoms with Crippen LogP contribution in [0.4, 0.5) is 0 Å². The van der Waals surface area contributed by atoms with E-state index in [9.17, 15) is 4.79 Å². The van der Waals surface area contributed by atoms with Gasteiger partial charge in [-0.2, -0.15) is 0 Å². The monoisotopic (exact) mass is 342 g/mol. The topological polar surface area (TPSA) is 76.4 Å². The van der Waals surface area contributed by atoms with Crippen molar-refractivity contribution in [3.05, 3.63) is 35.2 Å². The number of tetrazole rings is 1. The molecule has 2 aliphatic heterocycles. The number of benzene rings is 1. The Kier molecular flexibility index (Phi) is 4.35. The van der Waals surface area contributed by atoms with Gasteiger partial charge in [-0.3, -0.25) is 9.69 Å². The molecule has 0 spiro atoms. The number of nitrogens with zero attached hydrogens (tertiary/aromatic N) is 6. The van der Waals surface area contributed by atoms with Crippen LogP contribution in [0.2, 0.25) is 0 Å². The molecule has 1 saturated heterocycles. The number of fused-ring (bicyclic) bond motifs is 1. The average Bonchev–Trinajstić information content (AvgIpc) is 3.24. The van der Waals surface area contributed by atoms with Gasteiger partial charge in [0.1, 0.15) is 18.1 Å². The summed E-state index contributed by atoms with van der Waals surface area (Å²) in [6.07, 6.45) is 1.00. The van der Waals surface area contributed by atoms with Crippen molar-refractivity contribution in [2.24, 2.45) is 0 Å². The van der Waals surface area contributed by atoms with Crippen molar-refractivity contribution >= 4 is 5.91 Å². The Morgan fingerprint density at radius 1 is 1.24 bits per heavy atom. The molecule has 1 aromatic carbocycles. The van der Waals surface area contributed by atoms with Crippen molar-refractivity contribution in [1.29, 1.82) is 0 Å². The molecule has 25 heavy (non-hydrogen) atoms. The van der Waals surface area contributed by atoms with E-state index in [1.165, 1.54) is 11.1 Å². The van der Waals surface area contributed by atoms with E-state index in [-0.39, 0.29) is 12.5 Å². The Morgan fingerprint density at radius 3 is 2.84 bits per heavy atom. The Balaban J connectivity index is 1.29.